The monoisotopic (exact) mass is 255 g/mol. The van der Waals surface area contributed by atoms with E-state index in [4.69, 9.17) is 10.5 Å². The smallest absolute Gasteiger partial charge is 0.242 e. The Labute approximate surface area is 107 Å². The molecule has 2 aliphatic heterocycles. The van der Waals surface area contributed by atoms with Gasteiger partial charge in [0, 0.05) is 18.5 Å². The molecule has 18 heavy (non-hydrogen) atoms. The number of nitrogens with two attached hydrogens (primary N) is 1. The van der Waals surface area contributed by atoms with E-state index in [0.717, 1.165) is 19.4 Å². The Morgan fingerprint density at radius 1 is 1.44 bits per heavy atom. The first kappa shape index (κ1) is 13.3. The zero-order chi connectivity index (χ0) is 13.1. The van der Waals surface area contributed by atoms with Crippen molar-refractivity contribution in [2.45, 2.75) is 31.8 Å². The van der Waals surface area contributed by atoms with Crippen molar-refractivity contribution in [3.8, 4) is 0 Å². The number of carbonyl (C=O) groups is 2. The Balaban J connectivity index is 2.03. The minimum Gasteiger partial charge on any atom is -0.377 e. The predicted octanol–water partition coefficient (Wildman–Crippen LogP) is -0.913. The number of hydrogen-bond acceptors (Lipinski definition) is 4. The second kappa shape index (κ2) is 5.67. The molecule has 0 aromatic carbocycles. The van der Waals surface area contributed by atoms with Crippen molar-refractivity contribution in [1.82, 2.24) is 10.2 Å². The summed E-state index contributed by atoms with van der Waals surface area (Å²) in [6.07, 6.45) is 1.65. The van der Waals surface area contributed by atoms with Crippen LogP contribution in [-0.4, -0.2) is 55.1 Å². The summed E-state index contributed by atoms with van der Waals surface area (Å²) in [5.74, 6) is -0.429. The fraction of sp³-hybridized carbons (Fsp3) is 0.833. The maximum atomic E-state index is 12.4. The third-order valence-electron chi connectivity index (χ3n) is 3.71. The van der Waals surface area contributed by atoms with Crippen molar-refractivity contribution >= 4 is 11.8 Å². The van der Waals surface area contributed by atoms with Gasteiger partial charge in [-0.2, -0.15) is 0 Å². The van der Waals surface area contributed by atoms with Crippen molar-refractivity contribution in [2.75, 3.05) is 26.3 Å². The van der Waals surface area contributed by atoms with Crippen molar-refractivity contribution in [3.63, 3.8) is 0 Å². The molecule has 0 saturated carbocycles. The molecule has 3 atom stereocenters. The molecule has 2 aliphatic rings. The van der Waals surface area contributed by atoms with E-state index in [1.807, 2.05) is 0 Å². The molecule has 6 heteroatoms. The number of nitrogens with one attached hydrogen (secondary N) is 1. The highest BCUT2D eigenvalue weighted by molar-refractivity contribution is 5.88. The Hall–Kier alpha value is -1.14. The molecule has 2 heterocycles. The van der Waals surface area contributed by atoms with Crippen LogP contribution in [0.4, 0.5) is 0 Å². The fourth-order valence-corrected chi connectivity index (χ4v) is 2.69. The quantitative estimate of drug-likeness (QED) is 0.669. The largest absolute Gasteiger partial charge is 0.377 e. The van der Waals surface area contributed by atoms with Crippen molar-refractivity contribution in [2.24, 2.45) is 11.7 Å². The number of hydrogen-bond donors (Lipinski definition) is 2. The molecule has 0 bridgehead atoms. The molecule has 0 spiro atoms. The number of ether oxygens (including phenoxy) is 1. The molecule has 0 aromatic heterocycles. The summed E-state index contributed by atoms with van der Waals surface area (Å²) in [6.45, 7) is 4.09. The van der Waals surface area contributed by atoms with Gasteiger partial charge in [-0.25, -0.2) is 0 Å². The normalized spacial score (nSPS) is 33.2. The zero-order valence-corrected chi connectivity index (χ0v) is 10.7. The summed E-state index contributed by atoms with van der Waals surface area (Å²) < 4.78 is 5.23. The topological polar surface area (TPSA) is 84.7 Å². The number of rotatable bonds is 2. The maximum Gasteiger partial charge on any atom is 0.242 e. The van der Waals surface area contributed by atoms with Gasteiger partial charge in [0.15, 0.2) is 0 Å². The summed E-state index contributed by atoms with van der Waals surface area (Å²) in [7, 11) is 0. The van der Waals surface area contributed by atoms with Crippen LogP contribution in [0.25, 0.3) is 0 Å². The lowest BCUT2D eigenvalue weighted by molar-refractivity contribution is -0.151. The Morgan fingerprint density at radius 3 is 2.89 bits per heavy atom. The van der Waals surface area contributed by atoms with Gasteiger partial charge in [-0.1, -0.05) is 0 Å². The summed E-state index contributed by atoms with van der Waals surface area (Å²) >= 11 is 0. The van der Waals surface area contributed by atoms with Gasteiger partial charge >= 0.3 is 0 Å². The Kier molecular flexibility index (Phi) is 4.19. The van der Waals surface area contributed by atoms with E-state index < -0.39 is 11.9 Å². The molecule has 0 aliphatic carbocycles. The minimum absolute atomic E-state index is 0.00111. The summed E-state index contributed by atoms with van der Waals surface area (Å²) in [5.41, 5.74) is 5.33. The van der Waals surface area contributed by atoms with Gasteiger partial charge in [-0.05, 0) is 26.3 Å². The Morgan fingerprint density at radius 2 is 2.22 bits per heavy atom. The van der Waals surface area contributed by atoms with Crippen LogP contribution in [-0.2, 0) is 14.3 Å². The first-order valence-electron chi connectivity index (χ1n) is 6.50. The van der Waals surface area contributed by atoms with E-state index in [1.165, 1.54) is 0 Å². The average molecular weight is 255 g/mol. The molecule has 3 unspecified atom stereocenters. The molecular weight excluding hydrogens is 234 g/mol. The van der Waals surface area contributed by atoms with E-state index in [2.05, 4.69) is 12.2 Å². The fourth-order valence-electron chi connectivity index (χ4n) is 2.69. The van der Waals surface area contributed by atoms with Crippen LogP contribution >= 0.6 is 0 Å². The first-order valence-corrected chi connectivity index (χ1v) is 6.50. The summed E-state index contributed by atoms with van der Waals surface area (Å²) in [6, 6.07) is -0.253. The van der Waals surface area contributed by atoms with Crippen LogP contribution in [0.5, 0.6) is 0 Å². The summed E-state index contributed by atoms with van der Waals surface area (Å²) in [5, 5.41) is 3.32. The molecule has 2 fully saturated rings. The van der Waals surface area contributed by atoms with Crippen LogP contribution in [0.1, 0.15) is 19.8 Å². The number of morpholine rings is 1. The summed E-state index contributed by atoms with van der Waals surface area (Å²) in [4.78, 5) is 25.4. The van der Waals surface area contributed by atoms with Crippen LogP contribution in [0.2, 0.25) is 0 Å². The highest BCUT2D eigenvalue weighted by Gasteiger charge is 2.36. The van der Waals surface area contributed by atoms with Gasteiger partial charge < -0.3 is 20.7 Å². The SMILES string of the molecule is CC1CC(C(=O)N2CCOCC2C(N)=O)CCN1. The maximum absolute atomic E-state index is 12.4. The van der Waals surface area contributed by atoms with Crippen LogP contribution in [0.3, 0.4) is 0 Å². The molecule has 2 amide bonds. The lowest BCUT2D eigenvalue weighted by Gasteiger charge is -2.37. The molecule has 102 valence electrons. The Bertz CT molecular complexity index is 335. The third-order valence-corrected chi connectivity index (χ3v) is 3.71. The van der Waals surface area contributed by atoms with Gasteiger partial charge in [-0.15, -0.1) is 0 Å². The molecule has 0 aromatic rings. The van der Waals surface area contributed by atoms with Gasteiger partial charge in [0.25, 0.3) is 0 Å². The van der Waals surface area contributed by atoms with Crippen LogP contribution in [0.15, 0.2) is 0 Å². The third kappa shape index (κ3) is 2.81. The highest BCUT2D eigenvalue weighted by Crippen LogP contribution is 2.21. The predicted molar refractivity (Wildman–Crippen MR) is 65.7 cm³/mol. The van der Waals surface area contributed by atoms with E-state index in [9.17, 15) is 9.59 Å². The minimum atomic E-state index is -0.601. The number of carbonyl (C=O) groups excluding carboxylic acids is 2. The first-order chi connectivity index (χ1) is 8.59. The van der Waals surface area contributed by atoms with Crippen LogP contribution < -0.4 is 11.1 Å². The van der Waals surface area contributed by atoms with Gasteiger partial charge in [0.1, 0.15) is 6.04 Å². The van der Waals surface area contributed by atoms with E-state index in [1.54, 1.807) is 4.90 Å². The van der Waals surface area contributed by atoms with Crippen molar-refractivity contribution < 1.29 is 14.3 Å². The number of nitrogens with zero attached hydrogens (tertiary/aromatic N) is 1. The van der Waals surface area contributed by atoms with Gasteiger partial charge in [-0.3, -0.25) is 9.59 Å². The number of piperidine rings is 1. The second-order valence-corrected chi connectivity index (χ2v) is 5.10. The van der Waals surface area contributed by atoms with E-state index >= 15 is 0 Å². The van der Waals surface area contributed by atoms with Crippen LogP contribution in [0, 0.1) is 5.92 Å². The lowest BCUT2D eigenvalue weighted by Crippen LogP contribution is -2.57. The molecule has 2 rings (SSSR count). The standard InChI is InChI=1S/C12H21N3O3/c1-8-6-9(2-3-14-8)12(17)15-4-5-18-7-10(15)11(13)16/h8-10,14H,2-7H2,1H3,(H2,13,16). The van der Waals surface area contributed by atoms with Crippen molar-refractivity contribution in [1.29, 1.82) is 0 Å². The number of primary amides is 1. The van der Waals surface area contributed by atoms with Gasteiger partial charge in [0.2, 0.25) is 11.8 Å². The molecule has 0 radical (unpaired) electrons. The van der Waals surface area contributed by atoms with E-state index in [0.29, 0.717) is 19.2 Å². The molecule has 6 nitrogen and oxygen atoms in total. The molecule has 2 saturated heterocycles. The van der Waals surface area contributed by atoms with Gasteiger partial charge in [0.05, 0.1) is 13.2 Å². The lowest BCUT2D eigenvalue weighted by atomic mass is 9.91. The molecule has 3 N–H and O–H groups in total. The van der Waals surface area contributed by atoms with Crippen molar-refractivity contribution in [3.05, 3.63) is 0 Å². The zero-order valence-electron chi connectivity index (χ0n) is 10.7. The molecular formula is C12H21N3O3. The van der Waals surface area contributed by atoms with E-state index in [-0.39, 0.29) is 18.4 Å². The average Bonchev–Trinajstić information content (AvgIpc) is 2.38. The number of amides is 2. The highest BCUT2D eigenvalue weighted by atomic mass is 16.5. The second-order valence-electron chi connectivity index (χ2n) is 5.10.